The van der Waals surface area contributed by atoms with E-state index in [-0.39, 0.29) is 11.7 Å². The smallest absolute Gasteiger partial charge is 0.0773 e. The van der Waals surface area contributed by atoms with Crippen LogP contribution in [-0.2, 0) is 10.8 Å². The first-order chi connectivity index (χ1) is 9.63. The summed E-state index contributed by atoms with van der Waals surface area (Å²) >= 11 is 0. The highest BCUT2D eigenvalue weighted by Crippen LogP contribution is 2.29. The van der Waals surface area contributed by atoms with Crippen LogP contribution in [0.5, 0.6) is 0 Å². The minimum atomic E-state index is -1.21. The first kappa shape index (κ1) is 14.5. The molecule has 0 aliphatic carbocycles. The summed E-state index contributed by atoms with van der Waals surface area (Å²) in [4.78, 5) is 0.819. The van der Waals surface area contributed by atoms with E-state index in [0.29, 0.717) is 0 Å². The molecule has 0 fully saturated rings. The molecule has 102 valence electrons. The Hall–Kier alpha value is -1.92. The highest BCUT2D eigenvalue weighted by Gasteiger charge is 2.21. The predicted molar refractivity (Wildman–Crippen MR) is 81.7 cm³/mol. The van der Waals surface area contributed by atoms with Crippen LogP contribution < -0.4 is 0 Å². The van der Waals surface area contributed by atoms with Crippen LogP contribution in [0.25, 0.3) is 0 Å². The third kappa shape index (κ3) is 3.15. The summed E-state index contributed by atoms with van der Waals surface area (Å²) in [5, 5.41) is 8.75. The second kappa shape index (κ2) is 6.49. The molecule has 0 aliphatic rings. The monoisotopic (exact) mass is 283 g/mol. The van der Waals surface area contributed by atoms with E-state index < -0.39 is 10.8 Å². The average Bonchev–Trinajstić information content (AvgIpc) is 2.45. The maximum Gasteiger partial charge on any atom is 0.0773 e. The van der Waals surface area contributed by atoms with Gasteiger partial charge in [0.25, 0.3) is 0 Å². The quantitative estimate of drug-likeness (QED) is 0.848. The molecule has 2 unspecified atom stereocenters. The molecule has 3 heteroatoms. The third-order valence-corrected chi connectivity index (χ3v) is 5.10. The van der Waals surface area contributed by atoms with E-state index >= 15 is 0 Å². The fourth-order valence-corrected chi connectivity index (χ4v) is 3.76. The first-order valence-electron chi connectivity index (χ1n) is 6.53. The van der Waals surface area contributed by atoms with Gasteiger partial charge in [-0.2, -0.15) is 5.26 Å². The lowest BCUT2D eigenvalue weighted by Crippen LogP contribution is -2.08. The van der Waals surface area contributed by atoms with E-state index in [2.05, 4.69) is 6.07 Å². The Morgan fingerprint density at radius 3 is 2.45 bits per heavy atom. The third-order valence-electron chi connectivity index (χ3n) is 3.25. The van der Waals surface area contributed by atoms with Crippen LogP contribution in [0.2, 0.25) is 0 Å². The van der Waals surface area contributed by atoms with Gasteiger partial charge in [-0.05, 0) is 31.0 Å². The number of aryl methyl sites for hydroxylation is 2. The highest BCUT2D eigenvalue weighted by atomic mass is 32.2. The van der Waals surface area contributed by atoms with Gasteiger partial charge in [0.05, 0.1) is 28.5 Å². The van der Waals surface area contributed by atoms with Crippen molar-refractivity contribution in [3.63, 3.8) is 0 Å². The lowest BCUT2D eigenvalue weighted by atomic mass is 10.1. The molecule has 0 N–H and O–H groups in total. The number of benzene rings is 2. The van der Waals surface area contributed by atoms with Gasteiger partial charge >= 0.3 is 0 Å². The van der Waals surface area contributed by atoms with Crippen molar-refractivity contribution in [2.45, 2.75) is 30.4 Å². The largest absolute Gasteiger partial charge is 0.254 e. The Morgan fingerprint density at radius 2 is 1.85 bits per heavy atom. The summed E-state index contributed by atoms with van der Waals surface area (Å²) in [6.45, 7) is 3.98. The van der Waals surface area contributed by atoms with E-state index in [4.69, 9.17) is 5.26 Å². The zero-order chi connectivity index (χ0) is 14.5. The second-order valence-electron chi connectivity index (χ2n) is 4.83. The summed E-state index contributed by atoms with van der Waals surface area (Å²) in [5.41, 5.74) is 3.12. The number of nitriles is 1. The van der Waals surface area contributed by atoms with Crippen molar-refractivity contribution in [1.82, 2.24) is 0 Å². The maximum atomic E-state index is 12.8. The lowest BCUT2D eigenvalue weighted by Gasteiger charge is -2.16. The maximum absolute atomic E-state index is 12.8. The van der Waals surface area contributed by atoms with Crippen LogP contribution >= 0.6 is 0 Å². The minimum absolute atomic E-state index is 0.254. The molecule has 2 aromatic carbocycles. The summed E-state index contributed by atoms with van der Waals surface area (Å²) in [5.74, 6) is 0. The summed E-state index contributed by atoms with van der Waals surface area (Å²) < 4.78 is 12.8. The molecule has 0 saturated carbocycles. The molecule has 0 aliphatic heterocycles. The number of nitrogens with zero attached hydrogens (tertiary/aromatic N) is 1. The van der Waals surface area contributed by atoms with E-state index in [1.807, 2.05) is 62.4 Å². The zero-order valence-corrected chi connectivity index (χ0v) is 12.5. The van der Waals surface area contributed by atoms with Gasteiger partial charge < -0.3 is 0 Å². The SMILES string of the molecule is Cc1ccc(S(=O)C(CC#N)c2ccccc2)c(C)c1. The van der Waals surface area contributed by atoms with Crippen molar-refractivity contribution in [3.05, 3.63) is 65.2 Å². The van der Waals surface area contributed by atoms with E-state index in [1.54, 1.807) is 0 Å². The molecular formula is C17H17NOS. The summed E-state index contributed by atoms with van der Waals surface area (Å²) in [6.07, 6.45) is 0.254. The van der Waals surface area contributed by atoms with Crippen LogP contribution in [0.15, 0.2) is 53.4 Å². The molecule has 0 saturated heterocycles. The molecule has 2 rings (SSSR count). The van der Waals surface area contributed by atoms with Crippen molar-refractivity contribution >= 4 is 10.8 Å². The Labute approximate surface area is 122 Å². The Balaban J connectivity index is 2.40. The van der Waals surface area contributed by atoms with Crippen LogP contribution in [0.3, 0.4) is 0 Å². The number of hydrogen-bond acceptors (Lipinski definition) is 2. The van der Waals surface area contributed by atoms with Crippen molar-refractivity contribution in [2.24, 2.45) is 0 Å². The predicted octanol–water partition coefficient (Wildman–Crippen LogP) is 4.07. The highest BCUT2D eigenvalue weighted by molar-refractivity contribution is 7.85. The Kier molecular flexibility index (Phi) is 4.70. The molecule has 20 heavy (non-hydrogen) atoms. The van der Waals surface area contributed by atoms with Gasteiger partial charge in [-0.15, -0.1) is 0 Å². The lowest BCUT2D eigenvalue weighted by molar-refractivity contribution is 0.672. The molecule has 0 heterocycles. The van der Waals surface area contributed by atoms with Gasteiger partial charge in [-0.3, -0.25) is 4.21 Å². The minimum Gasteiger partial charge on any atom is -0.254 e. The van der Waals surface area contributed by atoms with Crippen LogP contribution in [-0.4, -0.2) is 4.21 Å². The van der Waals surface area contributed by atoms with Crippen LogP contribution in [0.4, 0.5) is 0 Å². The van der Waals surface area contributed by atoms with Gasteiger partial charge in [-0.1, -0.05) is 48.0 Å². The van der Waals surface area contributed by atoms with Crippen LogP contribution in [0.1, 0.15) is 28.4 Å². The van der Waals surface area contributed by atoms with Crippen molar-refractivity contribution in [2.75, 3.05) is 0 Å². The molecular weight excluding hydrogens is 266 g/mol. The molecule has 0 aromatic heterocycles. The number of rotatable bonds is 4. The van der Waals surface area contributed by atoms with Gasteiger partial charge in [-0.25, -0.2) is 0 Å². The zero-order valence-electron chi connectivity index (χ0n) is 11.7. The Morgan fingerprint density at radius 1 is 1.15 bits per heavy atom. The topological polar surface area (TPSA) is 40.9 Å². The number of hydrogen-bond donors (Lipinski definition) is 0. The van der Waals surface area contributed by atoms with Gasteiger partial charge in [0.2, 0.25) is 0 Å². The van der Waals surface area contributed by atoms with Crippen LogP contribution in [0, 0.1) is 25.2 Å². The molecule has 0 bridgehead atoms. The van der Waals surface area contributed by atoms with Crippen molar-refractivity contribution < 1.29 is 4.21 Å². The molecule has 2 atom stereocenters. The van der Waals surface area contributed by atoms with Gasteiger partial charge in [0.1, 0.15) is 0 Å². The average molecular weight is 283 g/mol. The molecule has 0 amide bonds. The summed E-state index contributed by atoms with van der Waals surface area (Å²) in [6, 6.07) is 17.7. The fourth-order valence-electron chi connectivity index (χ4n) is 2.25. The second-order valence-corrected chi connectivity index (χ2v) is 6.43. The summed E-state index contributed by atoms with van der Waals surface area (Å²) in [7, 11) is -1.21. The normalized spacial score (nSPS) is 13.4. The van der Waals surface area contributed by atoms with E-state index in [1.165, 1.54) is 0 Å². The van der Waals surface area contributed by atoms with Crippen molar-refractivity contribution in [3.8, 4) is 6.07 Å². The van der Waals surface area contributed by atoms with E-state index in [9.17, 15) is 4.21 Å². The van der Waals surface area contributed by atoms with Gasteiger partial charge in [0, 0.05) is 4.90 Å². The molecule has 2 aromatic rings. The Bertz CT molecular complexity index is 658. The fraction of sp³-hybridized carbons (Fsp3) is 0.235. The van der Waals surface area contributed by atoms with E-state index in [0.717, 1.165) is 21.6 Å². The molecule has 0 spiro atoms. The molecule has 0 radical (unpaired) electrons. The molecule has 2 nitrogen and oxygen atoms in total. The first-order valence-corrected chi connectivity index (χ1v) is 7.74. The van der Waals surface area contributed by atoms with Crippen molar-refractivity contribution in [1.29, 1.82) is 5.26 Å². The van der Waals surface area contributed by atoms with Gasteiger partial charge in [0.15, 0.2) is 0 Å². The standard InChI is InChI=1S/C17H17NOS/c1-13-8-9-16(14(2)12-13)20(19)17(10-11-18)15-6-4-3-5-7-15/h3-9,12,17H,10H2,1-2H3.